The molecule has 8 nitrogen and oxygen atoms in total. The van der Waals surface area contributed by atoms with E-state index in [0.29, 0.717) is 23.3 Å². The van der Waals surface area contributed by atoms with Crippen molar-refractivity contribution in [3.05, 3.63) is 47.2 Å². The average Bonchev–Trinajstić information content (AvgIpc) is 3.30. The third-order valence-corrected chi connectivity index (χ3v) is 7.93. The zero-order chi connectivity index (χ0) is 25.7. The molecule has 3 atom stereocenters. The molecule has 3 aliphatic rings. The van der Waals surface area contributed by atoms with Crippen molar-refractivity contribution in [2.75, 3.05) is 5.32 Å². The normalized spacial score (nSPS) is 23.3. The van der Waals surface area contributed by atoms with Gasteiger partial charge in [0.25, 0.3) is 0 Å². The van der Waals surface area contributed by atoms with Crippen LogP contribution in [0.3, 0.4) is 0 Å². The number of nitrogens with zero attached hydrogens (tertiary/aromatic N) is 3. The van der Waals surface area contributed by atoms with Crippen molar-refractivity contribution in [2.45, 2.75) is 59.5 Å². The summed E-state index contributed by atoms with van der Waals surface area (Å²) in [6.45, 7) is 9.55. The number of aromatic nitrogens is 3. The van der Waals surface area contributed by atoms with Gasteiger partial charge in [-0.15, -0.1) is 11.3 Å². The summed E-state index contributed by atoms with van der Waals surface area (Å²) in [4.78, 5) is 39.4. The number of hydrogen-bond acceptors (Lipinski definition) is 9. The van der Waals surface area contributed by atoms with Crippen molar-refractivity contribution < 1.29 is 19.1 Å². The number of pyridine rings is 2. The van der Waals surface area contributed by atoms with Crippen LogP contribution in [-0.2, 0) is 19.9 Å². The second kappa shape index (κ2) is 8.96. The molecule has 0 spiro atoms. The van der Waals surface area contributed by atoms with E-state index in [-0.39, 0.29) is 17.9 Å². The Kier molecular flexibility index (Phi) is 6.06. The van der Waals surface area contributed by atoms with E-state index in [9.17, 15) is 9.59 Å². The summed E-state index contributed by atoms with van der Waals surface area (Å²) in [5, 5.41) is 4.05. The zero-order valence-corrected chi connectivity index (χ0v) is 21.9. The van der Waals surface area contributed by atoms with Crippen LogP contribution in [0.25, 0.3) is 10.6 Å². The number of anilines is 2. The van der Waals surface area contributed by atoms with Crippen LogP contribution in [0.1, 0.15) is 57.5 Å². The molecule has 188 valence electrons. The van der Waals surface area contributed by atoms with E-state index >= 15 is 0 Å². The van der Waals surface area contributed by atoms with Gasteiger partial charge < -0.3 is 14.8 Å². The third-order valence-electron chi connectivity index (χ3n) is 6.72. The number of rotatable bonds is 5. The van der Waals surface area contributed by atoms with Gasteiger partial charge in [-0.1, -0.05) is 6.92 Å². The predicted molar refractivity (Wildman–Crippen MR) is 137 cm³/mol. The maximum absolute atomic E-state index is 12.4. The fraction of sp³-hybridized carbons (Fsp3) is 0.444. The van der Waals surface area contributed by atoms with Crippen LogP contribution in [0.2, 0.25) is 0 Å². The van der Waals surface area contributed by atoms with E-state index < -0.39 is 11.0 Å². The first kappa shape index (κ1) is 24.4. The van der Waals surface area contributed by atoms with Crippen LogP contribution in [0.15, 0.2) is 36.7 Å². The Bertz CT molecular complexity index is 1330. The van der Waals surface area contributed by atoms with Crippen molar-refractivity contribution in [3.63, 3.8) is 0 Å². The zero-order valence-electron chi connectivity index (χ0n) is 21.1. The van der Waals surface area contributed by atoms with Gasteiger partial charge in [-0.25, -0.2) is 15.0 Å². The number of fused-ring (bicyclic) bond motifs is 3. The van der Waals surface area contributed by atoms with Crippen molar-refractivity contribution in [1.82, 2.24) is 15.0 Å². The number of ether oxygens (including phenoxy) is 2. The number of carbonyl (C=O) groups excluding carboxylic acids is 2. The largest absolute Gasteiger partial charge is 0.451 e. The monoisotopic (exact) mass is 506 g/mol. The van der Waals surface area contributed by atoms with E-state index in [2.05, 4.69) is 22.2 Å². The second-order valence-electron chi connectivity index (χ2n) is 10.8. The lowest BCUT2D eigenvalue weighted by Crippen LogP contribution is -2.49. The Morgan fingerprint density at radius 2 is 2.03 bits per heavy atom. The molecule has 2 aliphatic heterocycles. The topological polar surface area (TPSA) is 103 Å². The quantitative estimate of drug-likeness (QED) is 0.434. The van der Waals surface area contributed by atoms with Crippen LogP contribution < -0.4 is 10.1 Å². The van der Waals surface area contributed by atoms with E-state index in [1.807, 2.05) is 46.0 Å². The molecule has 3 fully saturated rings. The Balaban J connectivity index is 1.37. The molecular formula is C27H30N4O4S. The molecule has 1 N–H and O–H groups in total. The van der Waals surface area contributed by atoms with Crippen LogP contribution in [0, 0.1) is 24.2 Å². The molecule has 0 amide bonds. The maximum atomic E-state index is 12.4. The average molecular weight is 507 g/mol. The summed E-state index contributed by atoms with van der Waals surface area (Å²) >= 11 is 1.53. The smallest absolute Gasteiger partial charge is 0.316 e. The summed E-state index contributed by atoms with van der Waals surface area (Å²) in [6, 6.07) is 7.24. The van der Waals surface area contributed by atoms with Crippen molar-refractivity contribution in [3.8, 4) is 16.3 Å². The molecule has 3 aromatic heterocycles. The number of carbonyl (C=O) groups is 2. The Morgan fingerprint density at radius 3 is 2.75 bits per heavy atom. The minimum Gasteiger partial charge on any atom is -0.451 e. The lowest BCUT2D eigenvalue weighted by atomic mass is 9.70. The molecule has 0 aromatic carbocycles. The number of aryl methyl sites for hydroxylation is 1. The van der Waals surface area contributed by atoms with Gasteiger partial charge >= 0.3 is 11.9 Å². The molecule has 2 bridgehead atoms. The van der Waals surface area contributed by atoms with E-state index in [0.717, 1.165) is 40.4 Å². The molecule has 1 aliphatic carbocycles. The lowest BCUT2D eigenvalue weighted by molar-refractivity contribution is -0.198. The van der Waals surface area contributed by atoms with Gasteiger partial charge in [0, 0.05) is 18.5 Å². The summed E-state index contributed by atoms with van der Waals surface area (Å²) < 4.78 is 11.4. The summed E-state index contributed by atoms with van der Waals surface area (Å²) in [7, 11) is 0. The van der Waals surface area contributed by atoms with Gasteiger partial charge in [-0.3, -0.25) is 9.59 Å². The van der Waals surface area contributed by atoms with Crippen LogP contribution in [-0.4, -0.2) is 26.9 Å². The molecule has 1 saturated carbocycles. The summed E-state index contributed by atoms with van der Waals surface area (Å²) in [5.74, 6) is 1.44. The van der Waals surface area contributed by atoms with Crippen molar-refractivity contribution in [2.24, 2.45) is 17.3 Å². The van der Waals surface area contributed by atoms with Crippen LogP contribution in [0.5, 0.6) is 5.75 Å². The number of thiazole rings is 1. The highest BCUT2D eigenvalue weighted by Crippen LogP contribution is 2.52. The minimum absolute atomic E-state index is 0.0162. The fourth-order valence-corrected chi connectivity index (χ4v) is 5.82. The van der Waals surface area contributed by atoms with Crippen molar-refractivity contribution in [1.29, 1.82) is 0 Å². The van der Waals surface area contributed by atoms with E-state index in [4.69, 9.17) is 14.5 Å². The Morgan fingerprint density at radius 1 is 1.22 bits per heavy atom. The number of esters is 2. The summed E-state index contributed by atoms with van der Waals surface area (Å²) in [5.41, 5.74) is 0.569. The molecule has 9 heteroatoms. The maximum Gasteiger partial charge on any atom is 0.316 e. The molecular weight excluding hydrogens is 476 g/mol. The molecule has 6 rings (SSSR count). The van der Waals surface area contributed by atoms with Crippen LogP contribution >= 0.6 is 11.3 Å². The number of nitrogens with one attached hydrogen (secondary N) is 1. The molecule has 3 aromatic rings. The highest BCUT2D eigenvalue weighted by atomic mass is 32.1. The molecule has 2 unspecified atom stereocenters. The number of hydrogen-bond donors (Lipinski definition) is 1. The van der Waals surface area contributed by atoms with E-state index in [1.165, 1.54) is 11.3 Å². The SMILES string of the molecule is Cc1cc(Nc2cc(OC(=O)C(C)(C)C)ccn2)nc(-c2cnc([C@@]34CCC(C(=O)O3)C(C)C4)s2)c1. The van der Waals surface area contributed by atoms with Gasteiger partial charge in [0.1, 0.15) is 22.4 Å². The van der Waals surface area contributed by atoms with Gasteiger partial charge in [0.2, 0.25) is 0 Å². The molecule has 2 saturated heterocycles. The molecule has 36 heavy (non-hydrogen) atoms. The first-order valence-corrected chi connectivity index (χ1v) is 13.0. The lowest BCUT2D eigenvalue weighted by Gasteiger charge is -2.47. The molecule has 5 heterocycles. The van der Waals surface area contributed by atoms with Crippen LogP contribution in [0.4, 0.5) is 11.6 Å². The Hall–Kier alpha value is -3.33. The molecule has 0 radical (unpaired) electrons. The third kappa shape index (κ3) is 4.72. The highest BCUT2D eigenvalue weighted by Gasteiger charge is 2.53. The summed E-state index contributed by atoms with van der Waals surface area (Å²) in [6.07, 6.45) is 5.87. The standard InChI is InChI=1S/C27H30N4O4S/c1-15-10-19(20-14-29-24(36-20)27-8-6-18(16(2)13-27)23(32)35-27)30-22(11-15)31-21-12-17(7-9-28-21)34-25(33)26(3,4)5/h7,9-12,14,16,18H,6,8,13H2,1-5H3,(H,28,30,31)/t16?,18?,27-/m0/s1. The fourth-order valence-electron chi connectivity index (χ4n) is 4.78. The highest BCUT2D eigenvalue weighted by molar-refractivity contribution is 7.15. The van der Waals surface area contributed by atoms with Gasteiger partial charge in [-0.05, 0) is 76.6 Å². The van der Waals surface area contributed by atoms with Crippen molar-refractivity contribution >= 4 is 34.9 Å². The first-order valence-electron chi connectivity index (χ1n) is 12.2. The Labute approximate surface area is 214 Å². The first-order chi connectivity index (χ1) is 17.0. The van der Waals surface area contributed by atoms with E-state index in [1.54, 1.807) is 18.3 Å². The minimum atomic E-state index is -0.617. The predicted octanol–water partition coefficient (Wildman–Crippen LogP) is 5.79. The van der Waals surface area contributed by atoms with Gasteiger partial charge in [0.15, 0.2) is 5.60 Å². The second-order valence-corrected chi connectivity index (χ2v) is 11.9. The van der Waals surface area contributed by atoms with Gasteiger partial charge in [0.05, 0.1) is 21.9 Å². The van der Waals surface area contributed by atoms with Gasteiger partial charge in [-0.2, -0.15) is 0 Å².